The third-order valence-electron chi connectivity index (χ3n) is 2.98. The molecule has 2 rings (SSSR count). The van der Waals surface area contributed by atoms with Crippen molar-refractivity contribution >= 4 is 0 Å². The minimum absolute atomic E-state index is 0.572. The molecular weight excluding hydrogens is 160 g/mol. The Morgan fingerprint density at radius 2 is 2.08 bits per heavy atom. The molecule has 0 atom stereocenters. The summed E-state index contributed by atoms with van der Waals surface area (Å²) in [5, 5.41) is 0. The first-order valence-electron chi connectivity index (χ1n) is 5.32. The van der Waals surface area contributed by atoms with Gasteiger partial charge in [-0.3, -0.25) is 0 Å². The Labute approximate surface area is 79.8 Å². The summed E-state index contributed by atoms with van der Waals surface area (Å²) in [5.41, 5.74) is 1.28. The summed E-state index contributed by atoms with van der Waals surface area (Å²) in [4.78, 5) is 7.91. The van der Waals surface area contributed by atoms with Crippen LogP contribution in [0.1, 0.15) is 62.9 Å². The minimum Gasteiger partial charge on any atom is -0.345 e. The van der Waals surface area contributed by atoms with Gasteiger partial charge in [-0.25, -0.2) is 4.98 Å². The third kappa shape index (κ3) is 1.77. The standard InChI is InChI=1S/C11H18N2/c1-8(2)10-7-12-11(13-10)9-5-3-4-6-9/h7-9H,3-6H2,1-2H3,(H,12,13). The van der Waals surface area contributed by atoms with Gasteiger partial charge in [-0.2, -0.15) is 0 Å². The first-order valence-corrected chi connectivity index (χ1v) is 5.32. The zero-order valence-electron chi connectivity index (χ0n) is 8.51. The average molecular weight is 178 g/mol. The van der Waals surface area contributed by atoms with E-state index >= 15 is 0 Å². The number of hydrogen-bond donors (Lipinski definition) is 1. The van der Waals surface area contributed by atoms with Crippen LogP contribution in [0.15, 0.2) is 6.20 Å². The number of H-pyrrole nitrogens is 1. The summed E-state index contributed by atoms with van der Waals surface area (Å²) in [6.07, 6.45) is 7.40. The van der Waals surface area contributed by atoms with Crippen molar-refractivity contribution in [3.05, 3.63) is 17.7 Å². The van der Waals surface area contributed by atoms with Crippen molar-refractivity contribution in [2.45, 2.75) is 51.4 Å². The van der Waals surface area contributed by atoms with Gasteiger partial charge in [0.2, 0.25) is 0 Å². The Morgan fingerprint density at radius 1 is 1.38 bits per heavy atom. The highest BCUT2D eigenvalue weighted by Crippen LogP contribution is 2.32. The van der Waals surface area contributed by atoms with Gasteiger partial charge in [0.05, 0.1) is 0 Å². The maximum atomic E-state index is 4.46. The van der Waals surface area contributed by atoms with E-state index in [9.17, 15) is 0 Å². The third-order valence-corrected chi connectivity index (χ3v) is 2.98. The predicted molar refractivity (Wildman–Crippen MR) is 53.9 cm³/mol. The van der Waals surface area contributed by atoms with Crippen molar-refractivity contribution in [2.24, 2.45) is 0 Å². The van der Waals surface area contributed by atoms with E-state index in [2.05, 4.69) is 23.8 Å². The van der Waals surface area contributed by atoms with Crippen molar-refractivity contribution in [1.29, 1.82) is 0 Å². The first-order chi connectivity index (χ1) is 6.27. The molecule has 1 aliphatic rings. The largest absolute Gasteiger partial charge is 0.345 e. The lowest BCUT2D eigenvalue weighted by Gasteiger charge is -2.04. The molecule has 2 nitrogen and oxygen atoms in total. The summed E-state index contributed by atoms with van der Waals surface area (Å²) < 4.78 is 0. The highest BCUT2D eigenvalue weighted by Gasteiger charge is 2.19. The molecule has 0 saturated heterocycles. The lowest BCUT2D eigenvalue weighted by Crippen LogP contribution is -1.95. The van der Waals surface area contributed by atoms with Crippen LogP contribution in [-0.2, 0) is 0 Å². The highest BCUT2D eigenvalue weighted by molar-refractivity contribution is 5.09. The highest BCUT2D eigenvalue weighted by atomic mass is 14.9. The fraction of sp³-hybridized carbons (Fsp3) is 0.727. The molecule has 0 spiro atoms. The molecule has 1 heterocycles. The van der Waals surface area contributed by atoms with E-state index in [0.717, 1.165) is 0 Å². The molecule has 13 heavy (non-hydrogen) atoms. The van der Waals surface area contributed by atoms with Crippen molar-refractivity contribution < 1.29 is 0 Å². The number of nitrogens with one attached hydrogen (secondary N) is 1. The zero-order valence-corrected chi connectivity index (χ0v) is 8.51. The minimum atomic E-state index is 0.572. The van der Waals surface area contributed by atoms with Crippen LogP contribution in [0.2, 0.25) is 0 Å². The Balaban J connectivity index is 2.12. The van der Waals surface area contributed by atoms with Gasteiger partial charge in [-0.05, 0) is 18.8 Å². The zero-order chi connectivity index (χ0) is 9.26. The van der Waals surface area contributed by atoms with Gasteiger partial charge >= 0.3 is 0 Å². The molecular formula is C11H18N2. The van der Waals surface area contributed by atoms with Crippen LogP contribution in [0.3, 0.4) is 0 Å². The van der Waals surface area contributed by atoms with Crippen molar-refractivity contribution in [3.8, 4) is 0 Å². The SMILES string of the molecule is CC(C)c1cnc(C2CCCC2)[nH]1. The summed E-state index contributed by atoms with van der Waals surface area (Å²) in [6, 6.07) is 0. The smallest absolute Gasteiger partial charge is 0.109 e. The molecule has 0 unspecified atom stereocenters. The van der Waals surface area contributed by atoms with E-state index in [-0.39, 0.29) is 0 Å². The van der Waals surface area contributed by atoms with E-state index < -0.39 is 0 Å². The molecule has 0 amide bonds. The maximum Gasteiger partial charge on any atom is 0.109 e. The van der Waals surface area contributed by atoms with Gasteiger partial charge in [-0.1, -0.05) is 26.7 Å². The van der Waals surface area contributed by atoms with Gasteiger partial charge in [0, 0.05) is 17.8 Å². The monoisotopic (exact) mass is 178 g/mol. The van der Waals surface area contributed by atoms with Gasteiger partial charge in [-0.15, -0.1) is 0 Å². The number of aromatic amines is 1. The van der Waals surface area contributed by atoms with Crippen LogP contribution in [0.25, 0.3) is 0 Å². The van der Waals surface area contributed by atoms with E-state index in [1.807, 2.05) is 6.20 Å². The van der Waals surface area contributed by atoms with Crippen LogP contribution < -0.4 is 0 Å². The topological polar surface area (TPSA) is 28.7 Å². The molecule has 1 fully saturated rings. The number of aromatic nitrogens is 2. The second-order valence-electron chi connectivity index (χ2n) is 4.36. The van der Waals surface area contributed by atoms with Gasteiger partial charge in [0.25, 0.3) is 0 Å². The lowest BCUT2D eigenvalue weighted by molar-refractivity contribution is 0.673. The molecule has 1 aromatic rings. The van der Waals surface area contributed by atoms with Crippen LogP contribution in [-0.4, -0.2) is 9.97 Å². The number of hydrogen-bond acceptors (Lipinski definition) is 1. The number of imidazole rings is 1. The molecule has 0 bridgehead atoms. The molecule has 2 heteroatoms. The van der Waals surface area contributed by atoms with Gasteiger partial charge in [0.15, 0.2) is 0 Å². The summed E-state index contributed by atoms with van der Waals surface area (Å²) in [5.74, 6) is 2.51. The number of nitrogens with zero attached hydrogens (tertiary/aromatic N) is 1. The normalized spacial score (nSPS) is 18.7. The van der Waals surface area contributed by atoms with E-state index in [0.29, 0.717) is 11.8 Å². The Morgan fingerprint density at radius 3 is 2.62 bits per heavy atom. The molecule has 0 aliphatic heterocycles. The van der Waals surface area contributed by atoms with E-state index in [4.69, 9.17) is 0 Å². The van der Waals surface area contributed by atoms with E-state index in [1.54, 1.807) is 0 Å². The van der Waals surface area contributed by atoms with Gasteiger partial charge < -0.3 is 4.98 Å². The Bertz CT molecular complexity index is 269. The Kier molecular flexibility index (Phi) is 2.38. The fourth-order valence-electron chi connectivity index (χ4n) is 2.05. The second-order valence-corrected chi connectivity index (χ2v) is 4.36. The van der Waals surface area contributed by atoms with E-state index in [1.165, 1.54) is 37.2 Å². The molecule has 0 aromatic carbocycles. The van der Waals surface area contributed by atoms with Crippen LogP contribution >= 0.6 is 0 Å². The van der Waals surface area contributed by atoms with Crippen LogP contribution in [0, 0.1) is 0 Å². The first kappa shape index (κ1) is 8.79. The van der Waals surface area contributed by atoms with Crippen molar-refractivity contribution in [1.82, 2.24) is 9.97 Å². The second kappa shape index (κ2) is 3.52. The molecule has 1 N–H and O–H groups in total. The molecule has 72 valence electrons. The van der Waals surface area contributed by atoms with Crippen LogP contribution in [0.5, 0.6) is 0 Å². The molecule has 0 radical (unpaired) electrons. The maximum absolute atomic E-state index is 4.46. The average Bonchev–Trinajstić information content (AvgIpc) is 2.75. The van der Waals surface area contributed by atoms with Gasteiger partial charge in [0.1, 0.15) is 5.82 Å². The summed E-state index contributed by atoms with van der Waals surface area (Å²) in [6.45, 7) is 4.40. The van der Waals surface area contributed by atoms with Crippen molar-refractivity contribution in [2.75, 3.05) is 0 Å². The molecule has 1 saturated carbocycles. The fourth-order valence-corrected chi connectivity index (χ4v) is 2.05. The summed E-state index contributed by atoms with van der Waals surface area (Å²) >= 11 is 0. The quantitative estimate of drug-likeness (QED) is 0.740. The van der Waals surface area contributed by atoms with Crippen LogP contribution in [0.4, 0.5) is 0 Å². The summed E-state index contributed by atoms with van der Waals surface area (Å²) in [7, 11) is 0. The predicted octanol–water partition coefficient (Wildman–Crippen LogP) is 3.19. The van der Waals surface area contributed by atoms with Crippen molar-refractivity contribution in [3.63, 3.8) is 0 Å². The molecule has 1 aromatic heterocycles. The molecule has 1 aliphatic carbocycles. The Hall–Kier alpha value is -0.790. The number of rotatable bonds is 2. The lowest BCUT2D eigenvalue weighted by atomic mass is 10.1.